The first-order valence-corrected chi connectivity index (χ1v) is 7.13. The highest BCUT2D eigenvalue weighted by atomic mass is 32.1. The summed E-state index contributed by atoms with van der Waals surface area (Å²) in [6, 6.07) is 11.0. The molecule has 0 bridgehead atoms. The molecule has 1 unspecified atom stereocenters. The Hall–Kier alpha value is -1.16. The lowest BCUT2D eigenvalue weighted by Crippen LogP contribution is -2.30. The van der Waals surface area contributed by atoms with Crippen molar-refractivity contribution < 1.29 is 0 Å². The molecule has 2 aromatic rings. The Morgan fingerprint density at radius 3 is 2.67 bits per heavy atom. The monoisotopic (exact) mass is 260 g/mol. The largest absolute Gasteiger partial charge is 0.329 e. The third kappa shape index (κ3) is 2.99. The Balaban J connectivity index is 2.11. The Kier molecular flexibility index (Phi) is 4.53. The molecule has 3 heteroatoms. The molecule has 1 aromatic heterocycles. The van der Waals surface area contributed by atoms with E-state index in [2.05, 4.69) is 60.0 Å². The van der Waals surface area contributed by atoms with Crippen LogP contribution in [0.3, 0.4) is 0 Å². The molecule has 96 valence electrons. The molecule has 0 aliphatic heterocycles. The molecule has 0 radical (unpaired) electrons. The number of benzene rings is 1. The van der Waals surface area contributed by atoms with Gasteiger partial charge in [0.2, 0.25) is 0 Å². The number of nitrogens with zero attached hydrogens (tertiary/aromatic N) is 1. The van der Waals surface area contributed by atoms with Gasteiger partial charge in [0.05, 0.1) is 0 Å². The van der Waals surface area contributed by atoms with E-state index in [9.17, 15) is 0 Å². The quantitative estimate of drug-likeness (QED) is 0.894. The van der Waals surface area contributed by atoms with Crippen molar-refractivity contribution in [2.75, 3.05) is 13.6 Å². The zero-order valence-electron chi connectivity index (χ0n) is 11.0. The highest BCUT2D eigenvalue weighted by Gasteiger charge is 2.16. The first-order valence-electron chi connectivity index (χ1n) is 6.19. The van der Waals surface area contributed by atoms with E-state index in [1.54, 1.807) is 11.3 Å². The van der Waals surface area contributed by atoms with Crippen LogP contribution >= 0.6 is 11.3 Å². The van der Waals surface area contributed by atoms with Crippen molar-refractivity contribution in [1.82, 2.24) is 4.90 Å². The molecule has 0 saturated carbocycles. The first kappa shape index (κ1) is 13.3. The molecule has 2 nitrogen and oxygen atoms in total. The lowest BCUT2D eigenvalue weighted by molar-refractivity contribution is 0.242. The fraction of sp³-hybridized carbons (Fsp3) is 0.333. The molecule has 0 spiro atoms. The molecule has 0 fully saturated rings. The standard InChI is InChI=1S/C15H20N2S/c1-12-5-3-4-6-13(12)10-17(2)15(9-16)14-7-8-18-11-14/h3-8,11,15H,9-10,16H2,1-2H3. The second-order valence-corrected chi connectivity index (χ2v) is 5.43. The summed E-state index contributed by atoms with van der Waals surface area (Å²) in [4.78, 5) is 2.32. The van der Waals surface area contributed by atoms with Crippen LogP contribution in [-0.4, -0.2) is 18.5 Å². The van der Waals surface area contributed by atoms with Crippen molar-refractivity contribution in [3.05, 3.63) is 57.8 Å². The fourth-order valence-electron chi connectivity index (χ4n) is 2.20. The summed E-state index contributed by atoms with van der Waals surface area (Å²) in [5, 5.41) is 4.30. The molecule has 2 rings (SSSR count). The summed E-state index contributed by atoms with van der Waals surface area (Å²) in [6.45, 7) is 3.74. The molecule has 1 atom stereocenters. The molecular weight excluding hydrogens is 240 g/mol. The van der Waals surface area contributed by atoms with Crippen LogP contribution < -0.4 is 5.73 Å². The van der Waals surface area contributed by atoms with E-state index in [4.69, 9.17) is 5.73 Å². The van der Waals surface area contributed by atoms with Crippen LogP contribution in [0.1, 0.15) is 22.7 Å². The Morgan fingerprint density at radius 1 is 1.28 bits per heavy atom. The summed E-state index contributed by atoms with van der Waals surface area (Å²) in [5.74, 6) is 0. The number of likely N-dealkylation sites (N-methyl/N-ethyl adjacent to an activating group) is 1. The van der Waals surface area contributed by atoms with Crippen molar-refractivity contribution in [2.24, 2.45) is 5.73 Å². The van der Waals surface area contributed by atoms with Gasteiger partial charge in [-0.2, -0.15) is 11.3 Å². The SMILES string of the molecule is Cc1ccccc1CN(C)C(CN)c1ccsc1. The third-order valence-corrected chi connectivity index (χ3v) is 4.07. The maximum absolute atomic E-state index is 5.92. The van der Waals surface area contributed by atoms with E-state index >= 15 is 0 Å². The molecule has 1 heterocycles. The highest BCUT2D eigenvalue weighted by molar-refractivity contribution is 7.07. The number of thiophene rings is 1. The van der Waals surface area contributed by atoms with Crippen LogP contribution in [-0.2, 0) is 6.54 Å². The van der Waals surface area contributed by atoms with Gasteiger partial charge in [0.15, 0.2) is 0 Å². The zero-order chi connectivity index (χ0) is 13.0. The third-order valence-electron chi connectivity index (χ3n) is 3.36. The van der Waals surface area contributed by atoms with Gasteiger partial charge >= 0.3 is 0 Å². The minimum absolute atomic E-state index is 0.302. The predicted molar refractivity (Wildman–Crippen MR) is 78.8 cm³/mol. The van der Waals surface area contributed by atoms with E-state index in [0.29, 0.717) is 12.6 Å². The lowest BCUT2D eigenvalue weighted by atomic mass is 10.1. The molecule has 1 aromatic carbocycles. The molecule has 0 aliphatic carbocycles. The molecule has 18 heavy (non-hydrogen) atoms. The van der Waals surface area contributed by atoms with E-state index in [1.807, 2.05) is 0 Å². The zero-order valence-corrected chi connectivity index (χ0v) is 11.8. The smallest absolute Gasteiger partial charge is 0.0479 e. The van der Waals surface area contributed by atoms with Crippen molar-refractivity contribution in [2.45, 2.75) is 19.5 Å². The van der Waals surface area contributed by atoms with Crippen LogP contribution in [0.5, 0.6) is 0 Å². The summed E-state index contributed by atoms with van der Waals surface area (Å²) in [6.07, 6.45) is 0. The van der Waals surface area contributed by atoms with Gasteiger partial charge in [0.25, 0.3) is 0 Å². The van der Waals surface area contributed by atoms with Gasteiger partial charge in [-0.05, 0) is 47.5 Å². The Labute approximate surface area is 113 Å². The van der Waals surface area contributed by atoms with Crippen molar-refractivity contribution >= 4 is 11.3 Å². The average Bonchev–Trinajstić information content (AvgIpc) is 2.87. The topological polar surface area (TPSA) is 29.3 Å². The van der Waals surface area contributed by atoms with Crippen molar-refractivity contribution in [1.29, 1.82) is 0 Å². The Morgan fingerprint density at radius 2 is 2.06 bits per heavy atom. The second kappa shape index (κ2) is 6.14. The molecule has 0 aliphatic rings. The first-order chi connectivity index (χ1) is 8.72. The maximum Gasteiger partial charge on any atom is 0.0479 e. The lowest BCUT2D eigenvalue weighted by Gasteiger charge is -2.27. The maximum atomic E-state index is 5.92. The molecular formula is C15H20N2S. The van der Waals surface area contributed by atoms with Gasteiger partial charge in [0.1, 0.15) is 0 Å². The summed E-state index contributed by atoms with van der Waals surface area (Å²) in [5.41, 5.74) is 9.95. The predicted octanol–water partition coefficient (Wildman–Crippen LogP) is 3.19. The molecule has 2 N–H and O–H groups in total. The van der Waals surface area contributed by atoms with Crippen LogP contribution in [0.25, 0.3) is 0 Å². The van der Waals surface area contributed by atoms with Gasteiger partial charge in [-0.1, -0.05) is 24.3 Å². The molecule has 0 saturated heterocycles. The van der Waals surface area contributed by atoms with Gasteiger partial charge in [0, 0.05) is 19.1 Å². The van der Waals surface area contributed by atoms with Crippen molar-refractivity contribution in [3.8, 4) is 0 Å². The van der Waals surface area contributed by atoms with Gasteiger partial charge in [-0.15, -0.1) is 0 Å². The van der Waals surface area contributed by atoms with E-state index in [1.165, 1.54) is 16.7 Å². The molecule has 0 amide bonds. The second-order valence-electron chi connectivity index (χ2n) is 4.65. The Bertz CT molecular complexity index is 479. The van der Waals surface area contributed by atoms with Crippen molar-refractivity contribution in [3.63, 3.8) is 0 Å². The average molecular weight is 260 g/mol. The van der Waals surface area contributed by atoms with Gasteiger partial charge < -0.3 is 5.73 Å². The summed E-state index contributed by atoms with van der Waals surface area (Å²) in [7, 11) is 2.14. The summed E-state index contributed by atoms with van der Waals surface area (Å²) < 4.78 is 0. The number of aryl methyl sites for hydroxylation is 1. The number of hydrogen-bond donors (Lipinski definition) is 1. The summed E-state index contributed by atoms with van der Waals surface area (Å²) >= 11 is 1.73. The minimum atomic E-state index is 0.302. The minimum Gasteiger partial charge on any atom is -0.329 e. The number of hydrogen-bond acceptors (Lipinski definition) is 3. The van der Waals surface area contributed by atoms with Gasteiger partial charge in [-0.25, -0.2) is 0 Å². The van der Waals surface area contributed by atoms with E-state index in [-0.39, 0.29) is 0 Å². The van der Waals surface area contributed by atoms with Crippen LogP contribution in [0.4, 0.5) is 0 Å². The fourth-order valence-corrected chi connectivity index (χ4v) is 2.91. The van der Waals surface area contributed by atoms with Crippen LogP contribution in [0.2, 0.25) is 0 Å². The van der Waals surface area contributed by atoms with Crippen LogP contribution in [0, 0.1) is 6.92 Å². The van der Waals surface area contributed by atoms with Gasteiger partial charge in [-0.3, -0.25) is 4.90 Å². The number of nitrogens with two attached hydrogens (primary N) is 1. The van der Waals surface area contributed by atoms with E-state index < -0.39 is 0 Å². The number of rotatable bonds is 5. The normalized spacial score (nSPS) is 12.9. The van der Waals surface area contributed by atoms with Crippen LogP contribution in [0.15, 0.2) is 41.1 Å². The van der Waals surface area contributed by atoms with E-state index in [0.717, 1.165) is 6.54 Å². The highest BCUT2D eigenvalue weighted by Crippen LogP contribution is 2.23.